The molecule has 8 heteroatoms. The second-order valence-corrected chi connectivity index (χ2v) is 7.93. The van der Waals surface area contributed by atoms with E-state index in [1.807, 2.05) is 13.8 Å². The van der Waals surface area contributed by atoms with Crippen LogP contribution in [-0.4, -0.2) is 41.0 Å². The van der Waals surface area contributed by atoms with E-state index in [4.69, 9.17) is 19.6 Å². The van der Waals surface area contributed by atoms with Gasteiger partial charge in [0.05, 0.1) is 24.2 Å². The molecule has 7 nitrogen and oxygen atoms in total. The van der Waals surface area contributed by atoms with Crippen LogP contribution in [-0.2, 0) is 17.7 Å². The van der Waals surface area contributed by atoms with Crippen LogP contribution in [0.3, 0.4) is 0 Å². The summed E-state index contributed by atoms with van der Waals surface area (Å²) in [5.74, 6) is 0.345. The van der Waals surface area contributed by atoms with E-state index in [2.05, 4.69) is 0 Å². The van der Waals surface area contributed by atoms with E-state index in [1.54, 1.807) is 35.1 Å². The lowest BCUT2D eigenvalue weighted by atomic mass is 10.2. The number of hydrogen-bond acceptors (Lipinski definition) is 6. The first-order valence-corrected chi connectivity index (χ1v) is 10.2. The molecule has 154 valence electrons. The van der Waals surface area contributed by atoms with Crippen molar-refractivity contribution in [1.82, 2.24) is 9.55 Å². The van der Waals surface area contributed by atoms with E-state index in [9.17, 15) is 9.59 Å². The van der Waals surface area contributed by atoms with Gasteiger partial charge in [0.1, 0.15) is 16.4 Å². The number of aromatic carboxylic acids is 1. The van der Waals surface area contributed by atoms with Crippen molar-refractivity contribution < 1.29 is 19.4 Å². The highest BCUT2D eigenvalue weighted by Crippen LogP contribution is 2.26. The Morgan fingerprint density at radius 1 is 1.21 bits per heavy atom. The molecule has 0 saturated carbocycles. The number of fused-ring (bicyclic) bond motifs is 1. The number of carboxylic acids is 1. The minimum absolute atomic E-state index is 0.0197. The van der Waals surface area contributed by atoms with E-state index in [0.717, 1.165) is 21.1 Å². The molecule has 0 aliphatic heterocycles. The summed E-state index contributed by atoms with van der Waals surface area (Å²) in [6.07, 6.45) is 1.19. The molecule has 0 saturated heterocycles. The van der Waals surface area contributed by atoms with Crippen LogP contribution < -0.4 is 10.3 Å². The Hall–Kier alpha value is -2.71. The fourth-order valence-electron chi connectivity index (χ4n) is 3.09. The van der Waals surface area contributed by atoms with Gasteiger partial charge < -0.3 is 14.6 Å². The molecule has 0 unspecified atom stereocenters. The zero-order valence-corrected chi connectivity index (χ0v) is 17.5. The van der Waals surface area contributed by atoms with Crippen LogP contribution in [0.5, 0.6) is 5.75 Å². The molecular formula is C21H24N2O5S. The van der Waals surface area contributed by atoms with Crippen LogP contribution >= 0.6 is 11.3 Å². The molecule has 2 heterocycles. The van der Waals surface area contributed by atoms with Crippen LogP contribution in [0, 0.1) is 13.8 Å². The molecule has 0 fully saturated rings. The lowest BCUT2D eigenvalue weighted by molar-refractivity contribution is 0.0697. The average Bonchev–Trinajstić information content (AvgIpc) is 2.99. The molecule has 0 atom stereocenters. The van der Waals surface area contributed by atoms with Crippen molar-refractivity contribution in [3.63, 3.8) is 0 Å². The standard InChI is InChI=1S/C21H24N2O5S/c1-13-14(2)29-19-18(13)20(24)23(17(22-19)9-12-27-3)10-4-11-28-16-7-5-15(6-8-16)21(25)26/h5-8H,4,9-12H2,1-3H3,(H,25,26). The normalized spacial score (nSPS) is 11.1. The van der Waals surface area contributed by atoms with Gasteiger partial charge in [-0.2, -0.15) is 0 Å². The Kier molecular flexibility index (Phi) is 6.66. The number of benzene rings is 1. The molecule has 3 aromatic rings. The molecule has 0 aliphatic rings. The Morgan fingerprint density at radius 2 is 1.93 bits per heavy atom. The van der Waals surface area contributed by atoms with Gasteiger partial charge in [-0.05, 0) is 50.1 Å². The molecule has 1 N–H and O–H groups in total. The van der Waals surface area contributed by atoms with Crippen LogP contribution in [0.15, 0.2) is 29.1 Å². The van der Waals surface area contributed by atoms with Crippen molar-refractivity contribution in [2.75, 3.05) is 20.3 Å². The SMILES string of the molecule is COCCc1nc2sc(C)c(C)c2c(=O)n1CCCOc1ccc(C(=O)O)cc1. The number of carbonyl (C=O) groups is 1. The number of hydrogen-bond donors (Lipinski definition) is 1. The van der Waals surface area contributed by atoms with E-state index >= 15 is 0 Å². The first-order valence-electron chi connectivity index (χ1n) is 9.37. The Bertz CT molecular complexity index is 1070. The zero-order chi connectivity index (χ0) is 21.0. The summed E-state index contributed by atoms with van der Waals surface area (Å²) in [4.78, 5) is 30.6. The molecule has 29 heavy (non-hydrogen) atoms. The predicted octanol–water partition coefficient (Wildman–Crippen LogP) is 3.43. The summed E-state index contributed by atoms with van der Waals surface area (Å²) in [7, 11) is 1.63. The summed E-state index contributed by atoms with van der Waals surface area (Å²) in [5.41, 5.74) is 1.19. The van der Waals surface area contributed by atoms with Crippen LogP contribution in [0.2, 0.25) is 0 Å². The molecule has 2 aromatic heterocycles. The number of carboxylic acid groups (broad SMARTS) is 1. The average molecular weight is 416 g/mol. The highest BCUT2D eigenvalue weighted by atomic mass is 32.1. The molecule has 0 spiro atoms. The van der Waals surface area contributed by atoms with Crippen molar-refractivity contribution in [3.05, 3.63) is 56.4 Å². The topological polar surface area (TPSA) is 90.6 Å². The van der Waals surface area contributed by atoms with Gasteiger partial charge in [-0.1, -0.05) is 0 Å². The van der Waals surface area contributed by atoms with E-state index < -0.39 is 5.97 Å². The minimum Gasteiger partial charge on any atom is -0.494 e. The van der Waals surface area contributed by atoms with Crippen molar-refractivity contribution in [2.45, 2.75) is 33.2 Å². The van der Waals surface area contributed by atoms with Gasteiger partial charge in [0, 0.05) is 25.0 Å². The van der Waals surface area contributed by atoms with Gasteiger partial charge in [-0.3, -0.25) is 9.36 Å². The quantitative estimate of drug-likeness (QED) is 0.538. The van der Waals surface area contributed by atoms with Gasteiger partial charge in [0.25, 0.3) is 5.56 Å². The second kappa shape index (κ2) is 9.19. The largest absolute Gasteiger partial charge is 0.494 e. The minimum atomic E-state index is -0.971. The summed E-state index contributed by atoms with van der Waals surface area (Å²) in [6, 6.07) is 6.27. The lowest BCUT2D eigenvalue weighted by Gasteiger charge is -2.13. The fraction of sp³-hybridized carbons (Fsp3) is 0.381. The Morgan fingerprint density at radius 3 is 2.59 bits per heavy atom. The van der Waals surface area contributed by atoms with Gasteiger partial charge in [0.2, 0.25) is 0 Å². The fourth-order valence-corrected chi connectivity index (χ4v) is 4.13. The van der Waals surface area contributed by atoms with Gasteiger partial charge in [-0.25, -0.2) is 9.78 Å². The first-order chi connectivity index (χ1) is 13.9. The van der Waals surface area contributed by atoms with Gasteiger partial charge in [0.15, 0.2) is 0 Å². The van der Waals surface area contributed by atoms with Crippen molar-refractivity contribution in [3.8, 4) is 5.75 Å². The third-order valence-electron chi connectivity index (χ3n) is 4.79. The van der Waals surface area contributed by atoms with Gasteiger partial charge >= 0.3 is 5.97 Å². The highest BCUT2D eigenvalue weighted by Gasteiger charge is 2.16. The monoisotopic (exact) mass is 416 g/mol. The van der Waals surface area contributed by atoms with Gasteiger partial charge in [-0.15, -0.1) is 11.3 Å². The summed E-state index contributed by atoms with van der Waals surface area (Å²) < 4.78 is 12.6. The van der Waals surface area contributed by atoms with Crippen molar-refractivity contribution in [2.24, 2.45) is 0 Å². The Balaban J connectivity index is 1.74. The highest BCUT2D eigenvalue weighted by molar-refractivity contribution is 7.18. The number of aromatic nitrogens is 2. The molecule has 3 rings (SSSR count). The number of rotatable bonds is 9. The number of ether oxygens (including phenoxy) is 2. The third kappa shape index (κ3) is 4.65. The maximum absolute atomic E-state index is 13.1. The van der Waals surface area contributed by atoms with E-state index in [1.165, 1.54) is 12.1 Å². The number of methoxy groups -OCH3 is 1. The summed E-state index contributed by atoms with van der Waals surface area (Å²) >= 11 is 1.55. The second-order valence-electron chi connectivity index (χ2n) is 6.72. The summed E-state index contributed by atoms with van der Waals surface area (Å²) in [6.45, 7) is 5.35. The third-order valence-corrected chi connectivity index (χ3v) is 5.89. The van der Waals surface area contributed by atoms with E-state index in [-0.39, 0.29) is 11.1 Å². The predicted molar refractivity (Wildman–Crippen MR) is 112 cm³/mol. The molecule has 1 aromatic carbocycles. The summed E-state index contributed by atoms with van der Waals surface area (Å²) in [5, 5.41) is 9.63. The molecule has 0 radical (unpaired) electrons. The van der Waals surface area contributed by atoms with Crippen LogP contribution in [0.1, 0.15) is 33.0 Å². The molecule has 0 amide bonds. The Labute approximate surface area is 172 Å². The van der Waals surface area contributed by atoms with Crippen molar-refractivity contribution in [1.29, 1.82) is 0 Å². The van der Waals surface area contributed by atoms with Crippen LogP contribution in [0.4, 0.5) is 0 Å². The molecule has 0 bridgehead atoms. The smallest absolute Gasteiger partial charge is 0.335 e. The molecular weight excluding hydrogens is 392 g/mol. The number of thiophene rings is 1. The number of nitrogens with zero attached hydrogens (tertiary/aromatic N) is 2. The van der Waals surface area contributed by atoms with Crippen molar-refractivity contribution >= 4 is 27.5 Å². The number of aryl methyl sites for hydroxylation is 2. The van der Waals surface area contributed by atoms with E-state index in [0.29, 0.717) is 43.7 Å². The first kappa shape index (κ1) is 21.0. The maximum atomic E-state index is 13.1. The lowest BCUT2D eigenvalue weighted by Crippen LogP contribution is -2.27. The van der Waals surface area contributed by atoms with Crippen LogP contribution in [0.25, 0.3) is 10.2 Å². The zero-order valence-electron chi connectivity index (χ0n) is 16.7. The molecule has 0 aliphatic carbocycles. The maximum Gasteiger partial charge on any atom is 0.335 e.